The van der Waals surface area contributed by atoms with Gasteiger partial charge in [-0.2, -0.15) is 0 Å². The first-order chi connectivity index (χ1) is 10.6. The molecular formula is C17H16N2O2S. The summed E-state index contributed by atoms with van der Waals surface area (Å²) in [5.41, 5.74) is 1.85. The normalized spacial score (nSPS) is 12.2. The van der Waals surface area contributed by atoms with Gasteiger partial charge in [-0.1, -0.05) is 53.8 Å². The van der Waals surface area contributed by atoms with Gasteiger partial charge in [0.15, 0.2) is 0 Å². The summed E-state index contributed by atoms with van der Waals surface area (Å²) >= 11 is 1.16. The summed E-state index contributed by atoms with van der Waals surface area (Å²) in [6, 6.07) is 17.2. The van der Waals surface area contributed by atoms with Crippen molar-refractivity contribution in [1.29, 1.82) is 0 Å². The van der Waals surface area contributed by atoms with Crippen LogP contribution in [0.3, 0.4) is 0 Å². The Morgan fingerprint density at radius 3 is 2.59 bits per heavy atom. The van der Waals surface area contributed by atoms with E-state index in [0.29, 0.717) is 0 Å². The van der Waals surface area contributed by atoms with Crippen LogP contribution in [0.15, 0.2) is 59.4 Å². The average molecular weight is 312 g/mol. The highest BCUT2D eigenvalue weighted by Gasteiger charge is 2.13. The maximum atomic E-state index is 12.2. The first kappa shape index (κ1) is 14.5. The van der Waals surface area contributed by atoms with Crippen LogP contribution in [0.25, 0.3) is 10.2 Å². The number of para-hydroxylation sites is 1. The number of thiazole rings is 1. The minimum atomic E-state index is -0.165. The highest BCUT2D eigenvalue weighted by atomic mass is 32.1. The molecule has 0 saturated heterocycles. The van der Waals surface area contributed by atoms with Gasteiger partial charge in [-0.05, 0) is 24.6 Å². The molecule has 1 aromatic heterocycles. The van der Waals surface area contributed by atoms with Crippen molar-refractivity contribution in [1.82, 2.24) is 9.88 Å². The van der Waals surface area contributed by atoms with E-state index in [2.05, 4.69) is 5.32 Å². The second-order valence-electron chi connectivity index (χ2n) is 5.12. The van der Waals surface area contributed by atoms with Crippen LogP contribution in [-0.2, 0) is 11.3 Å². The number of nitrogens with one attached hydrogen (secondary N) is 1. The van der Waals surface area contributed by atoms with E-state index < -0.39 is 0 Å². The van der Waals surface area contributed by atoms with Crippen LogP contribution in [0.4, 0.5) is 0 Å². The van der Waals surface area contributed by atoms with Gasteiger partial charge in [-0.3, -0.25) is 14.2 Å². The van der Waals surface area contributed by atoms with Gasteiger partial charge < -0.3 is 5.32 Å². The van der Waals surface area contributed by atoms with Crippen molar-refractivity contribution in [3.63, 3.8) is 0 Å². The van der Waals surface area contributed by atoms with E-state index in [1.807, 2.05) is 61.5 Å². The Labute approximate surface area is 132 Å². The number of carbonyl (C=O) groups is 1. The number of nitrogens with zero attached hydrogens (tertiary/aromatic N) is 1. The summed E-state index contributed by atoms with van der Waals surface area (Å²) in [4.78, 5) is 24.1. The van der Waals surface area contributed by atoms with Crippen molar-refractivity contribution in [3.05, 3.63) is 69.8 Å². The van der Waals surface area contributed by atoms with Crippen molar-refractivity contribution in [2.75, 3.05) is 0 Å². The molecule has 5 heteroatoms. The third kappa shape index (κ3) is 2.94. The number of benzene rings is 2. The predicted octanol–water partition coefficient (Wildman–Crippen LogP) is 2.94. The van der Waals surface area contributed by atoms with Crippen LogP contribution in [0.2, 0.25) is 0 Å². The van der Waals surface area contributed by atoms with Gasteiger partial charge >= 0.3 is 4.87 Å². The zero-order chi connectivity index (χ0) is 15.5. The minimum absolute atomic E-state index is 0.0417. The molecule has 0 aliphatic rings. The highest BCUT2D eigenvalue weighted by Crippen LogP contribution is 2.16. The molecule has 22 heavy (non-hydrogen) atoms. The summed E-state index contributed by atoms with van der Waals surface area (Å²) in [6.45, 7) is 1.97. The molecule has 0 aliphatic carbocycles. The van der Waals surface area contributed by atoms with Crippen LogP contribution in [-0.4, -0.2) is 10.5 Å². The topological polar surface area (TPSA) is 51.1 Å². The van der Waals surface area contributed by atoms with Gasteiger partial charge in [0.25, 0.3) is 0 Å². The first-order valence-electron chi connectivity index (χ1n) is 7.08. The van der Waals surface area contributed by atoms with Gasteiger partial charge in [0, 0.05) is 0 Å². The van der Waals surface area contributed by atoms with Crippen molar-refractivity contribution in [3.8, 4) is 0 Å². The summed E-state index contributed by atoms with van der Waals surface area (Å²) in [7, 11) is 0. The predicted molar refractivity (Wildman–Crippen MR) is 89.1 cm³/mol. The molecule has 0 radical (unpaired) electrons. The fourth-order valence-corrected chi connectivity index (χ4v) is 3.31. The Bertz CT molecular complexity index is 852. The lowest BCUT2D eigenvalue weighted by molar-refractivity contribution is -0.122. The lowest BCUT2D eigenvalue weighted by atomic mass is 10.1. The SMILES string of the molecule is C[C@@H](NC(=O)Cn1c(=O)sc2ccccc21)c1ccccc1. The first-order valence-corrected chi connectivity index (χ1v) is 7.89. The Kier molecular flexibility index (Phi) is 4.06. The third-order valence-electron chi connectivity index (χ3n) is 3.55. The van der Waals surface area contributed by atoms with Crippen molar-refractivity contribution in [2.45, 2.75) is 19.5 Å². The molecule has 0 spiro atoms. The minimum Gasteiger partial charge on any atom is -0.348 e. The van der Waals surface area contributed by atoms with Gasteiger partial charge in [0.1, 0.15) is 6.54 Å². The van der Waals surface area contributed by atoms with Gasteiger partial charge in [-0.15, -0.1) is 0 Å². The lowest BCUT2D eigenvalue weighted by Crippen LogP contribution is -2.32. The van der Waals surface area contributed by atoms with E-state index in [0.717, 1.165) is 27.1 Å². The van der Waals surface area contributed by atoms with Crippen LogP contribution in [0, 0.1) is 0 Å². The molecular weight excluding hydrogens is 296 g/mol. The lowest BCUT2D eigenvalue weighted by Gasteiger charge is -2.14. The fraction of sp³-hybridized carbons (Fsp3) is 0.176. The van der Waals surface area contributed by atoms with E-state index in [1.54, 1.807) is 0 Å². The number of rotatable bonds is 4. The van der Waals surface area contributed by atoms with Crippen LogP contribution in [0.1, 0.15) is 18.5 Å². The number of fused-ring (bicyclic) bond motifs is 1. The molecule has 0 aliphatic heterocycles. The molecule has 1 atom stereocenters. The largest absolute Gasteiger partial charge is 0.348 e. The molecule has 3 aromatic rings. The van der Waals surface area contributed by atoms with Crippen LogP contribution in [0.5, 0.6) is 0 Å². The molecule has 1 N–H and O–H groups in total. The quantitative estimate of drug-likeness (QED) is 0.805. The van der Waals surface area contributed by atoms with E-state index in [9.17, 15) is 9.59 Å². The number of aromatic nitrogens is 1. The zero-order valence-electron chi connectivity index (χ0n) is 12.2. The van der Waals surface area contributed by atoms with Crippen LogP contribution >= 0.6 is 11.3 Å². The van der Waals surface area contributed by atoms with E-state index in [1.165, 1.54) is 4.57 Å². The average Bonchev–Trinajstić information content (AvgIpc) is 2.84. The Morgan fingerprint density at radius 2 is 1.82 bits per heavy atom. The number of carbonyl (C=O) groups excluding carboxylic acids is 1. The molecule has 0 bridgehead atoms. The van der Waals surface area contributed by atoms with Gasteiger partial charge in [0.05, 0.1) is 16.3 Å². The molecule has 112 valence electrons. The van der Waals surface area contributed by atoms with E-state index >= 15 is 0 Å². The summed E-state index contributed by atoms with van der Waals surface area (Å²) in [6.07, 6.45) is 0. The molecule has 3 rings (SSSR count). The second-order valence-corrected chi connectivity index (χ2v) is 6.11. The smallest absolute Gasteiger partial charge is 0.308 e. The maximum absolute atomic E-state index is 12.2. The van der Waals surface area contributed by atoms with Crippen molar-refractivity contribution < 1.29 is 4.79 Å². The number of hydrogen-bond donors (Lipinski definition) is 1. The molecule has 0 unspecified atom stereocenters. The molecule has 1 amide bonds. The number of hydrogen-bond acceptors (Lipinski definition) is 3. The zero-order valence-corrected chi connectivity index (χ0v) is 13.0. The Hall–Kier alpha value is -2.40. The Balaban J connectivity index is 1.76. The van der Waals surface area contributed by atoms with Crippen molar-refractivity contribution in [2.24, 2.45) is 0 Å². The fourth-order valence-electron chi connectivity index (χ4n) is 2.42. The molecule has 2 aromatic carbocycles. The number of amides is 1. The summed E-state index contributed by atoms with van der Waals surface area (Å²) < 4.78 is 2.42. The van der Waals surface area contributed by atoms with Gasteiger partial charge in [-0.25, -0.2) is 0 Å². The monoisotopic (exact) mass is 312 g/mol. The standard InChI is InChI=1S/C17H16N2O2S/c1-12(13-7-3-2-4-8-13)18-16(20)11-19-14-9-5-6-10-15(14)22-17(19)21/h2-10,12H,11H2,1H3,(H,18,20)/t12-/m1/s1. The molecule has 4 nitrogen and oxygen atoms in total. The molecule has 0 fully saturated rings. The van der Waals surface area contributed by atoms with Gasteiger partial charge in [0.2, 0.25) is 5.91 Å². The summed E-state index contributed by atoms with van der Waals surface area (Å²) in [5, 5.41) is 2.93. The van der Waals surface area contributed by atoms with E-state index in [4.69, 9.17) is 0 Å². The molecule has 0 saturated carbocycles. The Morgan fingerprint density at radius 1 is 1.14 bits per heavy atom. The van der Waals surface area contributed by atoms with E-state index in [-0.39, 0.29) is 23.4 Å². The second kappa shape index (κ2) is 6.15. The van der Waals surface area contributed by atoms with Crippen molar-refractivity contribution >= 4 is 27.5 Å². The molecule has 1 heterocycles. The third-order valence-corrected chi connectivity index (χ3v) is 4.51. The maximum Gasteiger partial charge on any atom is 0.308 e. The van der Waals surface area contributed by atoms with Crippen LogP contribution < -0.4 is 10.2 Å². The highest BCUT2D eigenvalue weighted by molar-refractivity contribution is 7.16. The summed E-state index contributed by atoms with van der Waals surface area (Å²) in [5.74, 6) is -0.165.